The van der Waals surface area contributed by atoms with Gasteiger partial charge in [-0.2, -0.15) is 0 Å². The average molecular weight is 519 g/mol. The van der Waals surface area contributed by atoms with Crippen molar-refractivity contribution in [2.45, 2.75) is 51.4 Å². The minimum absolute atomic E-state index is 0.0944. The van der Waals surface area contributed by atoms with E-state index in [9.17, 15) is 18.0 Å². The maximum Gasteiger partial charge on any atom is 0.573 e. The van der Waals surface area contributed by atoms with E-state index < -0.39 is 6.36 Å². The van der Waals surface area contributed by atoms with E-state index in [1.54, 1.807) is 0 Å². The number of thiazole rings is 1. The monoisotopic (exact) mass is 518 g/mol. The molecule has 1 aliphatic rings. The number of ketones is 1. The molecular formula is C25H25F3N4O3S. The van der Waals surface area contributed by atoms with Crippen LogP contribution in [0.2, 0.25) is 0 Å². The van der Waals surface area contributed by atoms with E-state index in [2.05, 4.69) is 26.5 Å². The fourth-order valence-electron chi connectivity index (χ4n) is 4.41. The number of carbonyl (C=O) groups is 1. The highest BCUT2D eigenvalue weighted by Gasteiger charge is 2.31. The van der Waals surface area contributed by atoms with Gasteiger partial charge in [0.2, 0.25) is 5.95 Å². The number of hydrogen-bond donors (Lipinski definition) is 1. The first-order valence-electron chi connectivity index (χ1n) is 11.9. The topological polar surface area (TPSA) is 78.3 Å². The number of alkyl halides is 3. The Labute approximate surface area is 209 Å². The van der Waals surface area contributed by atoms with E-state index in [4.69, 9.17) is 9.72 Å². The number of anilines is 2. The molecule has 0 unspecified atom stereocenters. The van der Waals surface area contributed by atoms with Crippen LogP contribution in [0.3, 0.4) is 0 Å². The van der Waals surface area contributed by atoms with Crippen LogP contribution in [0.1, 0.15) is 55.4 Å². The molecule has 36 heavy (non-hydrogen) atoms. The van der Waals surface area contributed by atoms with Crippen LogP contribution in [0.25, 0.3) is 21.3 Å². The summed E-state index contributed by atoms with van der Waals surface area (Å²) in [5, 5.41) is 3.77. The molecule has 4 aromatic rings. The quantitative estimate of drug-likeness (QED) is 0.253. The largest absolute Gasteiger partial charge is 0.573 e. The molecular weight excluding hydrogens is 493 g/mol. The summed E-state index contributed by atoms with van der Waals surface area (Å²) >= 11 is 1.21. The summed E-state index contributed by atoms with van der Waals surface area (Å²) in [5.41, 5.74) is 2.79. The summed E-state index contributed by atoms with van der Waals surface area (Å²) < 4.78 is 50.1. The molecule has 1 N–H and O–H groups in total. The molecule has 0 aliphatic carbocycles. The first kappa shape index (κ1) is 24.5. The van der Waals surface area contributed by atoms with Crippen LogP contribution in [0.4, 0.5) is 24.3 Å². The molecule has 1 fully saturated rings. The molecule has 7 nitrogen and oxygen atoms in total. The number of carbonyl (C=O) groups excluding carboxylic acids is 1. The van der Waals surface area contributed by atoms with Gasteiger partial charge in [0.15, 0.2) is 10.9 Å². The van der Waals surface area contributed by atoms with Crippen molar-refractivity contribution in [1.29, 1.82) is 0 Å². The minimum Gasteiger partial charge on any atom is -0.406 e. The summed E-state index contributed by atoms with van der Waals surface area (Å²) in [6.07, 6.45) is -0.838. The highest BCUT2D eigenvalue weighted by atomic mass is 32.1. The SMILES string of the molecule is CCCCC(=O)c1ccc2c(c1)nc(Nc1nc3ccc(OC(F)(F)F)cc3s1)n2C1CCOCC1. The fourth-order valence-corrected chi connectivity index (χ4v) is 5.29. The number of ether oxygens (including phenoxy) is 2. The second kappa shape index (κ2) is 10.1. The van der Waals surface area contributed by atoms with Gasteiger partial charge < -0.3 is 19.4 Å². The van der Waals surface area contributed by atoms with Crippen molar-refractivity contribution in [1.82, 2.24) is 14.5 Å². The first-order valence-corrected chi connectivity index (χ1v) is 12.7. The number of hydrogen-bond acceptors (Lipinski definition) is 7. The Morgan fingerprint density at radius 3 is 2.72 bits per heavy atom. The van der Waals surface area contributed by atoms with E-state index in [1.807, 2.05) is 18.2 Å². The molecule has 0 bridgehead atoms. The number of fused-ring (bicyclic) bond motifs is 2. The predicted molar refractivity (Wildman–Crippen MR) is 132 cm³/mol. The molecule has 0 spiro atoms. The van der Waals surface area contributed by atoms with Crippen LogP contribution in [0, 0.1) is 0 Å². The molecule has 1 saturated heterocycles. The third-order valence-corrected chi connectivity index (χ3v) is 7.07. The lowest BCUT2D eigenvalue weighted by Crippen LogP contribution is -2.20. The molecule has 0 atom stereocenters. The predicted octanol–water partition coefficient (Wildman–Crippen LogP) is 7.01. The Bertz CT molecular complexity index is 1390. The third kappa shape index (κ3) is 5.31. The highest BCUT2D eigenvalue weighted by Crippen LogP contribution is 2.36. The fraction of sp³-hybridized carbons (Fsp3) is 0.400. The summed E-state index contributed by atoms with van der Waals surface area (Å²) in [5.74, 6) is 0.373. The zero-order valence-corrected chi connectivity index (χ0v) is 20.4. The lowest BCUT2D eigenvalue weighted by Gasteiger charge is -2.25. The van der Waals surface area contributed by atoms with Gasteiger partial charge >= 0.3 is 6.36 Å². The lowest BCUT2D eigenvalue weighted by molar-refractivity contribution is -0.274. The van der Waals surface area contributed by atoms with Crippen molar-refractivity contribution in [3.63, 3.8) is 0 Å². The summed E-state index contributed by atoms with van der Waals surface area (Å²) in [6.45, 7) is 3.33. The van der Waals surface area contributed by atoms with Crippen LogP contribution in [0.5, 0.6) is 5.75 Å². The number of unbranched alkanes of at least 4 members (excludes halogenated alkanes) is 1. The van der Waals surface area contributed by atoms with Crippen molar-refractivity contribution >= 4 is 49.4 Å². The second-order valence-electron chi connectivity index (χ2n) is 8.70. The van der Waals surface area contributed by atoms with E-state index in [0.717, 1.165) is 31.2 Å². The zero-order valence-electron chi connectivity index (χ0n) is 19.6. The van der Waals surface area contributed by atoms with Crippen LogP contribution in [0.15, 0.2) is 36.4 Å². The molecule has 11 heteroatoms. The first-order chi connectivity index (χ1) is 17.3. The van der Waals surface area contributed by atoms with E-state index >= 15 is 0 Å². The van der Waals surface area contributed by atoms with Gasteiger partial charge in [0.25, 0.3) is 0 Å². The molecule has 0 radical (unpaired) electrons. The Balaban J connectivity index is 1.50. The summed E-state index contributed by atoms with van der Waals surface area (Å²) in [6, 6.07) is 9.81. The molecule has 2 aromatic carbocycles. The van der Waals surface area contributed by atoms with Crippen LogP contribution < -0.4 is 10.1 Å². The molecule has 2 aromatic heterocycles. The normalized spacial score (nSPS) is 15.0. The van der Waals surface area contributed by atoms with Crippen LogP contribution in [-0.2, 0) is 4.74 Å². The van der Waals surface area contributed by atoms with E-state index in [0.29, 0.717) is 52.0 Å². The maximum atomic E-state index is 12.6. The van der Waals surface area contributed by atoms with Crippen molar-refractivity contribution in [2.75, 3.05) is 18.5 Å². The van der Waals surface area contributed by atoms with Crippen molar-refractivity contribution in [3.8, 4) is 5.75 Å². The standard InChI is InChI=1S/C25H25F3N4O3S/c1-2-3-4-21(33)15-5-8-20-19(13-15)29-23(32(20)16-9-11-34-12-10-16)31-24-30-18-7-6-17(14-22(18)36-24)35-25(26,27)28/h5-8,13-14,16H,2-4,9-12H2,1H3,(H,29,30,31). The van der Waals surface area contributed by atoms with Crippen LogP contribution >= 0.6 is 11.3 Å². The average Bonchev–Trinajstić information content (AvgIpc) is 3.41. The summed E-state index contributed by atoms with van der Waals surface area (Å²) in [7, 11) is 0. The molecule has 1 aliphatic heterocycles. The highest BCUT2D eigenvalue weighted by molar-refractivity contribution is 7.22. The number of nitrogens with zero attached hydrogens (tertiary/aromatic N) is 3. The zero-order chi connectivity index (χ0) is 25.3. The molecule has 0 saturated carbocycles. The number of Topliss-reactive ketones (excluding diaryl/α,β-unsaturated/α-hetero) is 1. The van der Waals surface area contributed by atoms with Gasteiger partial charge in [-0.05, 0) is 49.6 Å². The molecule has 0 amide bonds. The molecule has 190 valence electrons. The van der Waals surface area contributed by atoms with Gasteiger partial charge in [0, 0.05) is 37.3 Å². The molecule has 5 rings (SSSR count). The number of benzene rings is 2. The van der Waals surface area contributed by atoms with Gasteiger partial charge in [-0.25, -0.2) is 9.97 Å². The Morgan fingerprint density at radius 1 is 1.17 bits per heavy atom. The minimum atomic E-state index is -4.76. The number of rotatable bonds is 8. The van der Waals surface area contributed by atoms with Crippen molar-refractivity contribution < 1.29 is 27.4 Å². The van der Waals surface area contributed by atoms with Crippen LogP contribution in [-0.4, -0.2) is 39.9 Å². The summed E-state index contributed by atoms with van der Waals surface area (Å²) in [4.78, 5) is 21.9. The number of halogens is 3. The number of nitrogens with one attached hydrogen (secondary N) is 1. The van der Waals surface area contributed by atoms with Gasteiger partial charge in [-0.3, -0.25) is 4.79 Å². The van der Waals surface area contributed by atoms with Gasteiger partial charge in [-0.1, -0.05) is 24.7 Å². The Hall–Kier alpha value is -3.18. The number of imidazole rings is 1. The smallest absolute Gasteiger partial charge is 0.406 e. The van der Waals surface area contributed by atoms with Crippen molar-refractivity contribution in [2.24, 2.45) is 0 Å². The van der Waals surface area contributed by atoms with Gasteiger partial charge in [0.05, 0.1) is 21.3 Å². The lowest BCUT2D eigenvalue weighted by atomic mass is 10.0. The van der Waals surface area contributed by atoms with E-state index in [1.165, 1.54) is 29.5 Å². The van der Waals surface area contributed by atoms with Gasteiger partial charge in [-0.15, -0.1) is 13.2 Å². The second-order valence-corrected chi connectivity index (χ2v) is 9.73. The number of aromatic nitrogens is 3. The van der Waals surface area contributed by atoms with Crippen molar-refractivity contribution in [3.05, 3.63) is 42.0 Å². The Morgan fingerprint density at radius 2 is 1.97 bits per heavy atom. The molecule has 3 heterocycles. The Kier molecular flexibility index (Phi) is 6.85. The maximum absolute atomic E-state index is 12.6. The third-order valence-electron chi connectivity index (χ3n) is 6.14. The van der Waals surface area contributed by atoms with Gasteiger partial charge in [0.1, 0.15) is 5.75 Å². The van der Waals surface area contributed by atoms with E-state index in [-0.39, 0.29) is 17.6 Å².